The zero-order valence-electron chi connectivity index (χ0n) is 13.2. The predicted molar refractivity (Wildman–Crippen MR) is 92.1 cm³/mol. The van der Waals surface area contributed by atoms with E-state index in [4.69, 9.17) is 5.26 Å². The topological polar surface area (TPSA) is 70.0 Å². The summed E-state index contributed by atoms with van der Waals surface area (Å²) in [7, 11) is -3.50. The minimum absolute atomic E-state index is 0.00193. The molecular weight excluding hydrogens is 316 g/mol. The highest BCUT2D eigenvalue weighted by Crippen LogP contribution is 2.18. The number of sulfonamides is 1. The highest BCUT2D eigenvalue weighted by molar-refractivity contribution is 8.04. The molecule has 0 spiro atoms. The number of aryl methyl sites for hydroxylation is 1. The summed E-state index contributed by atoms with van der Waals surface area (Å²) in [5.41, 5.74) is 1.02. The van der Waals surface area contributed by atoms with E-state index in [9.17, 15) is 8.42 Å². The van der Waals surface area contributed by atoms with Gasteiger partial charge in [-0.05, 0) is 37.2 Å². The first-order chi connectivity index (χ1) is 10.5. The molecule has 0 amide bonds. The van der Waals surface area contributed by atoms with Gasteiger partial charge in [-0.25, -0.2) is 13.1 Å². The Hall–Kier alpha value is -1.03. The third kappa shape index (κ3) is 6.82. The second-order valence-corrected chi connectivity index (χ2v) is 8.20. The fraction of sp³-hybridized carbons (Fsp3) is 0.562. The van der Waals surface area contributed by atoms with Crippen LogP contribution in [0.4, 0.5) is 0 Å². The van der Waals surface area contributed by atoms with Gasteiger partial charge < -0.3 is 0 Å². The van der Waals surface area contributed by atoms with Gasteiger partial charge in [0.1, 0.15) is 5.40 Å². The van der Waals surface area contributed by atoms with E-state index in [-0.39, 0.29) is 10.1 Å². The molecule has 1 unspecified atom stereocenters. The van der Waals surface area contributed by atoms with Crippen LogP contribution in [0.3, 0.4) is 0 Å². The molecule has 22 heavy (non-hydrogen) atoms. The van der Waals surface area contributed by atoms with Crippen LogP contribution in [-0.2, 0) is 10.0 Å². The van der Waals surface area contributed by atoms with Crippen molar-refractivity contribution in [1.29, 1.82) is 5.26 Å². The van der Waals surface area contributed by atoms with Gasteiger partial charge in [-0.3, -0.25) is 0 Å². The number of unbranched alkanes of at least 4 members (excludes halogenated alkanes) is 3. The summed E-state index contributed by atoms with van der Waals surface area (Å²) in [5, 5.41) is 10.9. The van der Waals surface area contributed by atoms with Crippen molar-refractivity contribution in [2.75, 3.05) is 6.54 Å². The molecule has 122 valence electrons. The Balaban J connectivity index is 2.55. The number of thiocyanates is 1. The van der Waals surface area contributed by atoms with Crippen molar-refractivity contribution in [1.82, 2.24) is 4.72 Å². The van der Waals surface area contributed by atoms with E-state index in [1.165, 1.54) is 6.42 Å². The Labute approximate surface area is 138 Å². The smallest absolute Gasteiger partial charge is 0.210 e. The highest BCUT2D eigenvalue weighted by atomic mass is 32.2. The van der Waals surface area contributed by atoms with Crippen molar-refractivity contribution in [3.05, 3.63) is 29.8 Å². The molecule has 6 heteroatoms. The lowest BCUT2D eigenvalue weighted by Crippen LogP contribution is -2.30. The molecule has 0 saturated heterocycles. The predicted octanol–water partition coefficient (Wildman–Crippen LogP) is 3.83. The molecule has 0 aromatic heterocycles. The first-order valence-electron chi connectivity index (χ1n) is 7.60. The number of nitriles is 1. The van der Waals surface area contributed by atoms with Gasteiger partial charge >= 0.3 is 0 Å². The number of nitrogens with zero attached hydrogens (tertiary/aromatic N) is 1. The first-order valence-corrected chi connectivity index (χ1v) is 9.97. The molecule has 1 atom stereocenters. The van der Waals surface area contributed by atoms with E-state index < -0.39 is 10.0 Å². The number of thioether (sulfide) groups is 1. The summed E-state index contributed by atoms with van der Waals surface area (Å²) in [4.78, 5) is 0.268. The van der Waals surface area contributed by atoms with Crippen LogP contribution in [0.25, 0.3) is 0 Å². The lowest BCUT2D eigenvalue weighted by atomic mass is 10.1. The van der Waals surface area contributed by atoms with E-state index in [1.54, 1.807) is 24.3 Å². The lowest BCUT2D eigenvalue weighted by molar-refractivity contribution is 0.571. The molecule has 0 saturated carbocycles. The van der Waals surface area contributed by atoms with Gasteiger partial charge in [0.25, 0.3) is 0 Å². The van der Waals surface area contributed by atoms with Crippen LogP contribution in [0.2, 0.25) is 0 Å². The average molecular weight is 341 g/mol. The van der Waals surface area contributed by atoms with Gasteiger partial charge in [0.05, 0.1) is 4.90 Å². The monoisotopic (exact) mass is 340 g/mol. The molecule has 0 radical (unpaired) electrons. The van der Waals surface area contributed by atoms with E-state index in [2.05, 4.69) is 17.0 Å². The van der Waals surface area contributed by atoms with Crippen LogP contribution < -0.4 is 4.72 Å². The molecular formula is C16H24N2O2S2. The molecule has 0 fully saturated rings. The van der Waals surface area contributed by atoms with E-state index >= 15 is 0 Å². The quantitative estimate of drug-likeness (QED) is 0.519. The van der Waals surface area contributed by atoms with Crippen molar-refractivity contribution in [3.63, 3.8) is 0 Å². The number of hydrogen-bond donors (Lipinski definition) is 1. The third-order valence-electron chi connectivity index (χ3n) is 3.43. The van der Waals surface area contributed by atoms with Gasteiger partial charge in [-0.15, -0.1) is 0 Å². The van der Waals surface area contributed by atoms with Crippen molar-refractivity contribution < 1.29 is 8.42 Å². The number of hydrogen-bond acceptors (Lipinski definition) is 4. The zero-order chi connectivity index (χ0) is 16.4. The third-order valence-corrected chi connectivity index (χ3v) is 5.71. The largest absolute Gasteiger partial charge is 0.240 e. The summed E-state index contributed by atoms with van der Waals surface area (Å²) in [6.45, 7) is 4.36. The molecule has 0 aliphatic carbocycles. The molecule has 0 heterocycles. The Morgan fingerprint density at radius 3 is 2.50 bits per heavy atom. The second kappa shape index (κ2) is 9.88. The normalized spacial score (nSPS) is 12.8. The Kier molecular flexibility index (Phi) is 8.54. The van der Waals surface area contributed by atoms with Gasteiger partial charge in [0.15, 0.2) is 0 Å². The van der Waals surface area contributed by atoms with Crippen molar-refractivity contribution >= 4 is 21.8 Å². The van der Waals surface area contributed by atoms with E-state index in [0.717, 1.165) is 43.0 Å². The van der Waals surface area contributed by atoms with Crippen molar-refractivity contribution in [2.45, 2.75) is 56.1 Å². The number of rotatable bonds is 10. The molecule has 1 N–H and O–H groups in total. The fourth-order valence-corrected chi connectivity index (χ4v) is 3.87. The maximum Gasteiger partial charge on any atom is 0.240 e. The highest BCUT2D eigenvalue weighted by Gasteiger charge is 2.17. The van der Waals surface area contributed by atoms with Crippen LogP contribution in [0.1, 0.15) is 44.6 Å². The average Bonchev–Trinajstić information content (AvgIpc) is 2.49. The molecule has 4 nitrogen and oxygen atoms in total. The standard InChI is InChI=1S/C16H24N2O2S2/c1-3-4-5-6-7-15(21-13-17)12-18-22(19,20)16-10-8-14(2)9-11-16/h8-11,15,18H,3-7,12H2,1-2H3. The van der Waals surface area contributed by atoms with E-state index in [1.807, 2.05) is 6.92 Å². The Morgan fingerprint density at radius 1 is 1.23 bits per heavy atom. The van der Waals surface area contributed by atoms with Crippen LogP contribution in [0, 0.1) is 17.6 Å². The molecule has 1 rings (SSSR count). The van der Waals surface area contributed by atoms with E-state index in [0.29, 0.717) is 6.54 Å². The Morgan fingerprint density at radius 2 is 1.91 bits per heavy atom. The summed E-state index contributed by atoms with van der Waals surface area (Å²) in [6.07, 6.45) is 5.35. The molecule has 0 aliphatic rings. The van der Waals surface area contributed by atoms with Crippen LogP contribution in [0.5, 0.6) is 0 Å². The molecule has 1 aromatic rings. The second-order valence-electron chi connectivity index (χ2n) is 5.35. The summed E-state index contributed by atoms with van der Waals surface area (Å²) in [6, 6.07) is 6.76. The lowest BCUT2D eigenvalue weighted by Gasteiger charge is -2.14. The maximum absolute atomic E-state index is 12.2. The van der Waals surface area contributed by atoms with Crippen LogP contribution in [0.15, 0.2) is 29.2 Å². The van der Waals surface area contributed by atoms with Gasteiger partial charge in [0, 0.05) is 11.8 Å². The van der Waals surface area contributed by atoms with Gasteiger partial charge in [0.2, 0.25) is 10.0 Å². The Bertz CT molecular complexity index is 577. The van der Waals surface area contributed by atoms with Gasteiger partial charge in [-0.1, -0.05) is 50.3 Å². The summed E-state index contributed by atoms with van der Waals surface area (Å²) < 4.78 is 27.1. The number of benzene rings is 1. The minimum Gasteiger partial charge on any atom is -0.210 e. The first kappa shape index (κ1) is 19.0. The molecule has 0 bridgehead atoms. The summed E-state index contributed by atoms with van der Waals surface area (Å²) in [5.74, 6) is 0. The fourth-order valence-electron chi connectivity index (χ4n) is 2.08. The molecule has 1 aromatic carbocycles. The van der Waals surface area contributed by atoms with Gasteiger partial charge in [-0.2, -0.15) is 5.26 Å². The van der Waals surface area contributed by atoms with Crippen molar-refractivity contribution in [3.8, 4) is 5.40 Å². The molecule has 0 aliphatic heterocycles. The maximum atomic E-state index is 12.2. The van der Waals surface area contributed by atoms with Crippen molar-refractivity contribution in [2.24, 2.45) is 0 Å². The number of nitrogens with one attached hydrogen (secondary N) is 1. The van der Waals surface area contributed by atoms with Crippen LogP contribution in [-0.4, -0.2) is 20.2 Å². The minimum atomic E-state index is -3.50. The SMILES string of the molecule is CCCCCCC(CNS(=O)(=O)c1ccc(C)cc1)SC#N. The zero-order valence-corrected chi connectivity index (χ0v) is 14.8. The van der Waals surface area contributed by atoms with Crippen LogP contribution >= 0.6 is 11.8 Å². The summed E-state index contributed by atoms with van der Waals surface area (Å²) >= 11 is 1.15.